The van der Waals surface area contributed by atoms with Crippen molar-refractivity contribution >= 4 is 23.8 Å². The quantitative estimate of drug-likeness (QED) is 0.413. The van der Waals surface area contributed by atoms with E-state index in [2.05, 4.69) is 0 Å². The van der Waals surface area contributed by atoms with Gasteiger partial charge in [-0.3, -0.25) is 14.4 Å². The number of aromatic hydroxyl groups is 1. The van der Waals surface area contributed by atoms with E-state index in [9.17, 15) is 24.3 Å². The Labute approximate surface area is 178 Å². The van der Waals surface area contributed by atoms with Gasteiger partial charge in [-0.15, -0.1) is 0 Å². The molecule has 2 N–H and O–H groups in total. The predicted octanol–water partition coefficient (Wildman–Crippen LogP) is 4.22. The normalized spacial score (nSPS) is 14.1. The number of Topliss-reactive ketones (excluding diaryl/α,β-unsaturated/α-hetero) is 2. The fourth-order valence-corrected chi connectivity index (χ4v) is 3.66. The second-order valence-electron chi connectivity index (χ2n) is 8.47. The van der Waals surface area contributed by atoms with Crippen molar-refractivity contribution in [1.29, 1.82) is 0 Å². The number of benzene rings is 1. The molecule has 6 nitrogen and oxygen atoms in total. The third-order valence-corrected chi connectivity index (χ3v) is 5.41. The van der Waals surface area contributed by atoms with Crippen LogP contribution in [0, 0.1) is 23.7 Å². The number of phenols is 1. The summed E-state index contributed by atoms with van der Waals surface area (Å²) in [6.07, 6.45) is 2.50. The minimum absolute atomic E-state index is 0.0177. The Morgan fingerprint density at radius 3 is 2.10 bits per heavy atom. The van der Waals surface area contributed by atoms with Crippen LogP contribution in [0.2, 0.25) is 0 Å². The summed E-state index contributed by atoms with van der Waals surface area (Å²) in [7, 11) is 0. The van der Waals surface area contributed by atoms with Crippen molar-refractivity contribution in [1.82, 2.24) is 0 Å². The van der Waals surface area contributed by atoms with Crippen molar-refractivity contribution < 1.29 is 29.4 Å². The highest BCUT2D eigenvalue weighted by atomic mass is 16.4. The maximum atomic E-state index is 13.0. The number of carbonyl (C=O) groups excluding carboxylic acids is 3. The molecule has 3 atom stereocenters. The summed E-state index contributed by atoms with van der Waals surface area (Å²) in [5, 5.41) is 18.2. The second-order valence-corrected chi connectivity index (χ2v) is 8.47. The van der Waals surface area contributed by atoms with E-state index in [0.29, 0.717) is 25.5 Å². The zero-order chi connectivity index (χ0) is 22.7. The SMILES string of the molecule is CCC(Cc1ccc(O)cc1)C(=O)CC(CC(C)C)C(=O)CC(C=O)CCC(=O)O. The fourth-order valence-electron chi connectivity index (χ4n) is 3.66. The zero-order valence-corrected chi connectivity index (χ0v) is 18.2. The first kappa shape index (κ1) is 25.5. The van der Waals surface area contributed by atoms with Gasteiger partial charge in [-0.05, 0) is 49.3 Å². The summed E-state index contributed by atoms with van der Waals surface area (Å²) in [4.78, 5) is 47.8. The highest BCUT2D eigenvalue weighted by molar-refractivity contribution is 5.90. The molecule has 1 rings (SSSR count). The number of aliphatic carboxylic acids is 1. The molecule has 3 unspecified atom stereocenters. The standard InChI is InChI=1S/C24H34O6/c1-4-19(12-17-5-8-21(26)9-6-17)23(28)14-20(11-16(2)3)22(27)13-18(15-25)7-10-24(29)30/h5-6,8-9,15-16,18-20,26H,4,7,10-14H2,1-3H3,(H,29,30). The highest BCUT2D eigenvalue weighted by Gasteiger charge is 2.28. The molecule has 166 valence electrons. The van der Waals surface area contributed by atoms with Gasteiger partial charge in [0.2, 0.25) is 0 Å². The van der Waals surface area contributed by atoms with Gasteiger partial charge in [0.25, 0.3) is 0 Å². The van der Waals surface area contributed by atoms with Crippen molar-refractivity contribution in [3.05, 3.63) is 29.8 Å². The Kier molecular flexibility index (Phi) is 11.0. The van der Waals surface area contributed by atoms with E-state index in [4.69, 9.17) is 5.11 Å². The molecule has 0 fully saturated rings. The summed E-state index contributed by atoms with van der Waals surface area (Å²) in [5.74, 6) is -2.02. The van der Waals surface area contributed by atoms with E-state index < -0.39 is 17.8 Å². The van der Waals surface area contributed by atoms with E-state index in [1.807, 2.05) is 20.8 Å². The third kappa shape index (κ3) is 9.33. The molecule has 0 bridgehead atoms. The topological polar surface area (TPSA) is 109 Å². The van der Waals surface area contributed by atoms with Crippen LogP contribution >= 0.6 is 0 Å². The third-order valence-electron chi connectivity index (χ3n) is 5.41. The van der Waals surface area contributed by atoms with E-state index in [1.54, 1.807) is 24.3 Å². The van der Waals surface area contributed by atoms with Crippen molar-refractivity contribution in [2.45, 2.75) is 65.7 Å². The van der Waals surface area contributed by atoms with Crippen LogP contribution in [0.1, 0.15) is 64.9 Å². The molecule has 0 aliphatic carbocycles. The van der Waals surface area contributed by atoms with Crippen LogP contribution in [0.5, 0.6) is 5.75 Å². The van der Waals surface area contributed by atoms with Crippen LogP contribution < -0.4 is 0 Å². The Morgan fingerprint density at radius 2 is 1.60 bits per heavy atom. The molecule has 0 aliphatic rings. The molecular weight excluding hydrogens is 384 g/mol. The van der Waals surface area contributed by atoms with E-state index in [0.717, 1.165) is 5.56 Å². The monoisotopic (exact) mass is 418 g/mol. The Bertz CT molecular complexity index is 707. The average Bonchev–Trinajstić information content (AvgIpc) is 2.69. The number of hydrogen-bond donors (Lipinski definition) is 2. The largest absolute Gasteiger partial charge is 0.508 e. The lowest BCUT2D eigenvalue weighted by Gasteiger charge is -2.22. The number of aldehydes is 1. The zero-order valence-electron chi connectivity index (χ0n) is 18.2. The lowest BCUT2D eigenvalue weighted by molar-refractivity contribution is -0.137. The molecule has 1 aromatic carbocycles. The molecule has 0 saturated carbocycles. The summed E-state index contributed by atoms with van der Waals surface area (Å²) >= 11 is 0. The van der Waals surface area contributed by atoms with Gasteiger partial charge in [-0.2, -0.15) is 0 Å². The van der Waals surface area contributed by atoms with Gasteiger partial charge in [0.1, 0.15) is 23.6 Å². The molecule has 0 aliphatic heterocycles. The number of carboxylic acids is 1. The Hall–Kier alpha value is -2.50. The summed E-state index contributed by atoms with van der Waals surface area (Å²) < 4.78 is 0. The van der Waals surface area contributed by atoms with Gasteiger partial charge in [-0.1, -0.05) is 32.9 Å². The molecule has 0 aromatic heterocycles. The van der Waals surface area contributed by atoms with Gasteiger partial charge in [-0.25, -0.2) is 0 Å². The lowest BCUT2D eigenvalue weighted by atomic mass is 9.81. The smallest absolute Gasteiger partial charge is 0.303 e. The summed E-state index contributed by atoms with van der Waals surface area (Å²) in [5.41, 5.74) is 0.953. The van der Waals surface area contributed by atoms with E-state index in [1.165, 1.54) is 0 Å². The van der Waals surface area contributed by atoms with Gasteiger partial charge >= 0.3 is 5.97 Å². The second kappa shape index (κ2) is 12.9. The van der Waals surface area contributed by atoms with Crippen molar-refractivity contribution in [2.24, 2.45) is 23.7 Å². The van der Waals surface area contributed by atoms with Crippen LogP contribution in [0.4, 0.5) is 0 Å². The molecule has 6 heteroatoms. The first-order valence-corrected chi connectivity index (χ1v) is 10.7. The molecule has 1 aromatic rings. The van der Waals surface area contributed by atoms with Crippen LogP contribution in [-0.4, -0.2) is 34.0 Å². The van der Waals surface area contributed by atoms with E-state index in [-0.39, 0.29) is 54.8 Å². The van der Waals surface area contributed by atoms with Gasteiger partial charge in [0.15, 0.2) is 0 Å². The lowest BCUT2D eigenvalue weighted by Crippen LogP contribution is -2.27. The first-order valence-electron chi connectivity index (χ1n) is 10.7. The van der Waals surface area contributed by atoms with Crippen LogP contribution in [-0.2, 0) is 25.6 Å². The molecule has 30 heavy (non-hydrogen) atoms. The predicted molar refractivity (Wildman–Crippen MR) is 114 cm³/mol. The highest BCUT2D eigenvalue weighted by Crippen LogP contribution is 2.25. The molecule has 0 heterocycles. The molecule has 0 radical (unpaired) electrons. The Morgan fingerprint density at radius 1 is 1.00 bits per heavy atom. The van der Waals surface area contributed by atoms with Crippen LogP contribution in [0.3, 0.4) is 0 Å². The summed E-state index contributed by atoms with van der Waals surface area (Å²) in [6, 6.07) is 6.76. The van der Waals surface area contributed by atoms with Gasteiger partial charge in [0, 0.05) is 37.0 Å². The Balaban J connectivity index is 2.81. The first-order chi connectivity index (χ1) is 14.2. The molecule has 0 saturated heterocycles. The van der Waals surface area contributed by atoms with Crippen molar-refractivity contribution in [3.8, 4) is 5.75 Å². The number of rotatable bonds is 15. The number of ketones is 2. The van der Waals surface area contributed by atoms with Gasteiger partial charge in [0.05, 0.1) is 0 Å². The molecule has 0 amide bonds. The van der Waals surface area contributed by atoms with Crippen molar-refractivity contribution in [2.75, 3.05) is 0 Å². The minimum atomic E-state index is -0.997. The minimum Gasteiger partial charge on any atom is -0.508 e. The average molecular weight is 419 g/mol. The van der Waals surface area contributed by atoms with Crippen molar-refractivity contribution in [3.63, 3.8) is 0 Å². The van der Waals surface area contributed by atoms with Crippen LogP contribution in [0.25, 0.3) is 0 Å². The summed E-state index contributed by atoms with van der Waals surface area (Å²) in [6.45, 7) is 5.91. The number of carboxylic acid groups (broad SMARTS) is 1. The molecule has 0 spiro atoms. The number of carbonyl (C=O) groups is 4. The maximum Gasteiger partial charge on any atom is 0.303 e. The molecular formula is C24H34O6. The van der Waals surface area contributed by atoms with Gasteiger partial charge < -0.3 is 15.0 Å². The number of phenolic OH excluding ortho intramolecular Hbond substituents is 1. The number of hydrogen-bond acceptors (Lipinski definition) is 5. The van der Waals surface area contributed by atoms with E-state index >= 15 is 0 Å². The fraction of sp³-hybridized carbons (Fsp3) is 0.583. The maximum absolute atomic E-state index is 13.0. The van der Waals surface area contributed by atoms with Crippen LogP contribution in [0.15, 0.2) is 24.3 Å².